The van der Waals surface area contributed by atoms with Crippen molar-refractivity contribution in [2.45, 2.75) is 13.1 Å². The van der Waals surface area contributed by atoms with E-state index in [0.29, 0.717) is 11.8 Å². The Morgan fingerprint density at radius 2 is 2.00 bits per heavy atom. The molecule has 64 valence electrons. The number of alkyl halides is 3. The number of thioether (sulfide) groups is 1. The minimum Gasteiger partial charge on any atom is -0.323 e. The van der Waals surface area contributed by atoms with Gasteiger partial charge in [-0.1, -0.05) is 18.3 Å². The molecular weight excluding hydrogens is 177 g/mol. The first kappa shape index (κ1) is 10.3. The van der Waals surface area contributed by atoms with Gasteiger partial charge >= 0.3 is 6.18 Å². The van der Waals surface area contributed by atoms with Crippen molar-refractivity contribution in [2.75, 3.05) is 0 Å². The number of hydrogen-bond donors (Lipinski definition) is 1. The summed E-state index contributed by atoms with van der Waals surface area (Å²) in [6.07, 6.45) is -4.38. The second kappa shape index (κ2) is 3.66. The van der Waals surface area contributed by atoms with Gasteiger partial charge in [-0.3, -0.25) is 0 Å². The quantitative estimate of drug-likeness (QED) is 0.293. The van der Waals surface area contributed by atoms with E-state index in [9.17, 15) is 13.2 Å². The molecule has 0 aliphatic rings. The third-order valence-electron chi connectivity index (χ3n) is 0.769. The van der Waals surface area contributed by atoms with Crippen molar-refractivity contribution in [3.8, 4) is 0 Å². The van der Waals surface area contributed by atoms with Crippen molar-refractivity contribution in [3.05, 3.63) is 11.5 Å². The van der Waals surface area contributed by atoms with Crippen LogP contribution in [0.15, 0.2) is 16.6 Å². The van der Waals surface area contributed by atoms with Crippen LogP contribution in [0.3, 0.4) is 0 Å². The molecule has 0 aliphatic heterocycles. The molecule has 11 heavy (non-hydrogen) atoms. The average molecular weight is 184 g/mol. The molecule has 0 amide bonds. The van der Waals surface area contributed by atoms with Crippen LogP contribution in [0.1, 0.15) is 6.92 Å². The van der Waals surface area contributed by atoms with Gasteiger partial charge in [-0.25, -0.2) is 0 Å². The van der Waals surface area contributed by atoms with E-state index >= 15 is 0 Å². The summed E-state index contributed by atoms with van der Waals surface area (Å²) in [4.78, 5) is -0.913. The zero-order valence-corrected chi connectivity index (χ0v) is 6.59. The SMILES string of the molecule is C=C(S/C(C)=N\N)C(F)(F)F. The Morgan fingerprint density at radius 3 is 2.27 bits per heavy atom. The van der Waals surface area contributed by atoms with Crippen LogP contribution < -0.4 is 5.84 Å². The third kappa shape index (κ3) is 3.92. The minimum absolute atomic E-state index is 0.132. The Kier molecular flexibility index (Phi) is 3.44. The maximum Gasteiger partial charge on any atom is 0.422 e. The molecule has 0 rings (SSSR count). The second-order valence-corrected chi connectivity index (χ2v) is 2.96. The summed E-state index contributed by atoms with van der Waals surface area (Å²) in [5.41, 5.74) is 0. The summed E-state index contributed by atoms with van der Waals surface area (Å²) in [5, 5.41) is 3.19. The van der Waals surface area contributed by atoms with Gasteiger partial charge in [-0.05, 0) is 6.92 Å². The van der Waals surface area contributed by atoms with Crippen LogP contribution in [0.25, 0.3) is 0 Å². The van der Waals surface area contributed by atoms with Gasteiger partial charge in [0.05, 0.1) is 9.95 Å². The Balaban J connectivity index is 4.10. The number of nitrogens with zero attached hydrogens (tertiary/aromatic N) is 1. The number of rotatable bonds is 1. The largest absolute Gasteiger partial charge is 0.422 e. The van der Waals surface area contributed by atoms with Crippen LogP contribution in [0.5, 0.6) is 0 Å². The van der Waals surface area contributed by atoms with Crippen LogP contribution in [-0.2, 0) is 0 Å². The lowest BCUT2D eigenvalue weighted by Gasteiger charge is -2.07. The highest BCUT2D eigenvalue weighted by atomic mass is 32.2. The fourth-order valence-corrected chi connectivity index (χ4v) is 0.788. The molecule has 0 saturated carbocycles. The van der Waals surface area contributed by atoms with Crippen LogP contribution in [-0.4, -0.2) is 11.2 Å². The summed E-state index contributed by atoms with van der Waals surface area (Å²) in [6, 6.07) is 0. The normalized spacial score (nSPS) is 13.3. The third-order valence-corrected chi connectivity index (χ3v) is 1.65. The Labute approximate surface area is 66.3 Å². The number of hydrogen-bond acceptors (Lipinski definition) is 3. The van der Waals surface area contributed by atoms with Crippen molar-refractivity contribution in [3.63, 3.8) is 0 Å². The van der Waals surface area contributed by atoms with Crippen LogP contribution in [0, 0.1) is 0 Å². The van der Waals surface area contributed by atoms with E-state index in [-0.39, 0.29) is 5.04 Å². The number of halogens is 3. The van der Waals surface area contributed by atoms with Crippen molar-refractivity contribution in [2.24, 2.45) is 10.9 Å². The summed E-state index contributed by atoms with van der Waals surface area (Å²) < 4.78 is 35.2. The summed E-state index contributed by atoms with van der Waals surface area (Å²) >= 11 is 0.412. The lowest BCUT2D eigenvalue weighted by atomic mass is 10.6. The smallest absolute Gasteiger partial charge is 0.323 e. The van der Waals surface area contributed by atoms with Gasteiger partial charge in [-0.2, -0.15) is 18.3 Å². The van der Waals surface area contributed by atoms with Crippen molar-refractivity contribution in [1.29, 1.82) is 0 Å². The lowest BCUT2D eigenvalue weighted by molar-refractivity contribution is -0.0831. The molecule has 2 nitrogen and oxygen atoms in total. The predicted molar refractivity (Wildman–Crippen MR) is 40.1 cm³/mol. The molecule has 6 heteroatoms. The highest BCUT2D eigenvalue weighted by molar-refractivity contribution is 8.17. The molecule has 2 N–H and O–H groups in total. The fraction of sp³-hybridized carbons (Fsp3) is 0.400. The van der Waals surface area contributed by atoms with Gasteiger partial charge in [-0.15, -0.1) is 0 Å². The Bertz CT molecular complexity index is 185. The Hall–Kier alpha value is -0.650. The molecule has 0 unspecified atom stereocenters. The van der Waals surface area contributed by atoms with E-state index in [4.69, 9.17) is 5.84 Å². The van der Waals surface area contributed by atoms with Crippen LogP contribution in [0.4, 0.5) is 13.2 Å². The van der Waals surface area contributed by atoms with E-state index in [1.165, 1.54) is 6.92 Å². The molecule has 0 aromatic rings. The van der Waals surface area contributed by atoms with Gasteiger partial charge in [0.15, 0.2) is 0 Å². The molecule has 0 bridgehead atoms. The zero-order chi connectivity index (χ0) is 9.07. The van der Waals surface area contributed by atoms with Crippen LogP contribution in [0.2, 0.25) is 0 Å². The van der Waals surface area contributed by atoms with E-state index in [1.54, 1.807) is 0 Å². The first-order chi connectivity index (χ1) is 4.88. The first-order valence-corrected chi connectivity index (χ1v) is 3.38. The van der Waals surface area contributed by atoms with E-state index in [1.807, 2.05) is 0 Å². The predicted octanol–water partition coefficient (Wildman–Crippen LogP) is 2.09. The molecule has 0 heterocycles. The van der Waals surface area contributed by atoms with Crippen LogP contribution >= 0.6 is 11.8 Å². The Morgan fingerprint density at radius 1 is 1.55 bits per heavy atom. The average Bonchev–Trinajstić information content (AvgIpc) is 1.85. The van der Waals surface area contributed by atoms with Gasteiger partial charge in [0, 0.05) is 0 Å². The topological polar surface area (TPSA) is 38.4 Å². The van der Waals surface area contributed by atoms with E-state index in [0.717, 1.165) is 0 Å². The standard InChI is InChI=1S/C5H7F3N2S/c1-3(5(6,7)8)11-4(2)10-9/h1,9H2,2H3/b10-4-. The molecule has 0 aliphatic carbocycles. The van der Waals surface area contributed by atoms with E-state index in [2.05, 4.69) is 11.7 Å². The molecule has 0 aromatic carbocycles. The van der Waals surface area contributed by atoms with Gasteiger partial charge in [0.25, 0.3) is 0 Å². The van der Waals surface area contributed by atoms with Gasteiger partial charge in [0.1, 0.15) is 0 Å². The van der Waals surface area contributed by atoms with Gasteiger partial charge in [0.2, 0.25) is 0 Å². The monoisotopic (exact) mass is 184 g/mol. The minimum atomic E-state index is -4.38. The highest BCUT2D eigenvalue weighted by Gasteiger charge is 2.32. The van der Waals surface area contributed by atoms with Gasteiger partial charge < -0.3 is 5.84 Å². The van der Waals surface area contributed by atoms with Crippen molar-refractivity contribution >= 4 is 16.8 Å². The van der Waals surface area contributed by atoms with Crippen molar-refractivity contribution < 1.29 is 13.2 Å². The maximum absolute atomic E-state index is 11.7. The molecule has 0 atom stereocenters. The molecule has 0 spiro atoms. The molecular formula is C5H7F3N2S. The summed E-state index contributed by atoms with van der Waals surface area (Å²) in [6.45, 7) is 4.19. The fourth-order valence-electron chi connectivity index (χ4n) is 0.263. The maximum atomic E-state index is 11.7. The number of hydrazone groups is 1. The number of nitrogens with two attached hydrogens (primary N) is 1. The highest BCUT2D eigenvalue weighted by Crippen LogP contribution is 2.33. The van der Waals surface area contributed by atoms with Crippen molar-refractivity contribution in [1.82, 2.24) is 0 Å². The second-order valence-electron chi connectivity index (χ2n) is 1.67. The zero-order valence-electron chi connectivity index (χ0n) is 5.77. The summed E-state index contributed by atoms with van der Waals surface area (Å²) in [7, 11) is 0. The summed E-state index contributed by atoms with van der Waals surface area (Å²) in [5.74, 6) is 4.72. The molecule has 0 radical (unpaired) electrons. The lowest BCUT2D eigenvalue weighted by Crippen LogP contribution is -2.09. The number of allylic oxidation sites excluding steroid dienone is 1. The molecule has 0 saturated heterocycles. The molecule has 0 fully saturated rings. The molecule has 0 aromatic heterocycles. The first-order valence-electron chi connectivity index (χ1n) is 2.56. The van der Waals surface area contributed by atoms with E-state index < -0.39 is 11.1 Å².